The minimum absolute atomic E-state index is 0.0958. The number of carbonyl (C=O) groups is 1. The largest absolute Gasteiger partial charge is 0.508 e. The first-order chi connectivity index (χ1) is 9.93. The van der Waals surface area contributed by atoms with Gasteiger partial charge in [0.15, 0.2) is 0 Å². The second-order valence-electron chi connectivity index (χ2n) is 5.56. The topological polar surface area (TPSA) is 77.8 Å². The summed E-state index contributed by atoms with van der Waals surface area (Å²) in [5.74, 6) is -2.53. The number of hydrogen-bond donors (Lipinski definition) is 3. The van der Waals surface area contributed by atoms with Crippen LogP contribution in [0.1, 0.15) is 18.9 Å². The zero-order chi connectivity index (χ0) is 15.5. The summed E-state index contributed by atoms with van der Waals surface area (Å²) in [7, 11) is 0. The van der Waals surface area contributed by atoms with E-state index in [1.807, 2.05) is 37.3 Å². The summed E-state index contributed by atoms with van der Waals surface area (Å²) in [6, 6.07) is 9.83. The highest BCUT2D eigenvalue weighted by atomic mass is 16.4. The van der Waals surface area contributed by atoms with Crippen LogP contribution in [-0.2, 0) is 11.2 Å². The van der Waals surface area contributed by atoms with E-state index in [1.54, 1.807) is 0 Å². The molecule has 0 radical (unpaired) electrons. The van der Waals surface area contributed by atoms with Crippen molar-refractivity contribution in [1.29, 1.82) is 0 Å². The van der Waals surface area contributed by atoms with Gasteiger partial charge >= 0.3 is 5.97 Å². The number of allylic oxidation sites excluding steroid dienone is 1. The number of benzene rings is 1. The zero-order valence-electron chi connectivity index (χ0n) is 11.9. The van der Waals surface area contributed by atoms with Crippen molar-refractivity contribution in [1.82, 2.24) is 0 Å². The third-order valence-electron chi connectivity index (χ3n) is 4.10. The Bertz CT molecular complexity index is 561. The average molecular weight is 288 g/mol. The Morgan fingerprint density at radius 1 is 1.33 bits per heavy atom. The summed E-state index contributed by atoms with van der Waals surface area (Å²) in [6.45, 7) is 1.81. The predicted octanol–water partition coefficient (Wildman–Crippen LogP) is 2.70. The van der Waals surface area contributed by atoms with Gasteiger partial charge in [-0.1, -0.05) is 43.3 Å². The zero-order valence-corrected chi connectivity index (χ0v) is 11.9. The molecule has 2 rings (SSSR count). The molecule has 0 aliphatic heterocycles. The first-order valence-electron chi connectivity index (χ1n) is 7.02. The highest BCUT2D eigenvalue weighted by Crippen LogP contribution is 2.36. The molecule has 4 nitrogen and oxygen atoms in total. The van der Waals surface area contributed by atoms with E-state index in [1.165, 1.54) is 18.2 Å². The smallest absolute Gasteiger partial charge is 0.313 e. The molecule has 0 spiro atoms. The van der Waals surface area contributed by atoms with E-state index in [9.17, 15) is 20.1 Å². The number of aryl methyl sites for hydroxylation is 1. The third-order valence-corrected chi connectivity index (χ3v) is 4.10. The summed E-state index contributed by atoms with van der Waals surface area (Å²) < 4.78 is 0. The van der Waals surface area contributed by atoms with Crippen molar-refractivity contribution in [3.63, 3.8) is 0 Å². The Hall–Kier alpha value is -2.07. The summed E-state index contributed by atoms with van der Waals surface area (Å²) in [6.07, 6.45) is 5.28. The molecule has 4 heteroatoms. The molecule has 0 bridgehead atoms. The molecule has 3 unspecified atom stereocenters. The van der Waals surface area contributed by atoms with Gasteiger partial charge in [-0.3, -0.25) is 4.79 Å². The van der Waals surface area contributed by atoms with Gasteiger partial charge in [-0.25, -0.2) is 0 Å². The van der Waals surface area contributed by atoms with Crippen molar-refractivity contribution in [2.45, 2.75) is 25.4 Å². The van der Waals surface area contributed by atoms with Crippen molar-refractivity contribution in [2.24, 2.45) is 11.8 Å². The number of carboxylic acid groups (broad SMARTS) is 1. The van der Waals surface area contributed by atoms with E-state index in [0.717, 1.165) is 12.0 Å². The van der Waals surface area contributed by atoms with Crippen LogP contribution >= 0.6 is 0 Å². The van der Waals surface area contributed by atoms with Gasteiger partial charge in [-0.2, -0.15) is 0 Å². The lowest BCUT2D eigenvalue weighted by Gasteiger charge is -2.37. The molecular weight excluding hydrogens is 268 g/mol. The highest BCUT2D eigenvalue weighted by Gasteiger charge is 2.44. The Balaban J connectivity index is 2.13. The second-order valence-corrected chi connectivity index (χ2v) is 5.56. The van der Waals surface area contributed by atoms with Crippen molar-refractivity contribution in [3.8, 4) is 0 Å². The van der Waals surface area contributed by atoms with Crippen LogP contribution in [0, 0.1) is 11.8 Å². The van der Waals surface area contributed by atoms with Crippen LogP contribution in [0.15, 0.2) is 54.3 Å². The molecule has 1 aromatic rings. The van der Waals surface area contributed by atoms with Crippen LogP contribution in [0.2, 0.25) is 0 Å². The molecule has 1 aromatic carbocycles. The van der Waals surface area contributed by atoms with E-state index in [-0.39, 0.29) is 11.7 Å². The lowest BCUT2D eigenvalue weighted by molar-refractivity contribution is -0.148. The molecule has 3 atom stereocenters. The SMILES string of the molecule is CC(CCc1ccccc1)C1(O)C=C(O)C=CC1C(=O)O. The van der Waals surface area contributed by atoms with Gasteiger partial charge in [0.05, 0.1) is 0 Å². The molecule has 112 valence electrons. The summed E-state index contributed by atoms with van der Waals surface area (Å²) in [5, 5.41) is 29.6. The molecule has 0 amide bonds. The predicted molar refractivity (Wildman–Crippen MR) is 79.9 cm³/mol. The summed E-state index contributed by atoms with van der Waals surface area (Å²) >= 11 is 0. The van der Waals surface area contributed by atoms with Gasteiger partial charge in [-0.15, -0.1) is 0 Å². The average Bonchev–Trinajstić information content (AvgIpc) is 2.45. The van der Waals surface area contributed by atoms with Crippen LogP contribution in [0.3, 0.4) is 0 Å². The van der Waals surface area contributed by atoms with Gasteiger partial charge in [0.2, 0.25) is 0 Å². The number of hydrogen-bond acceptors (Lipinski definition) is 3. The van der Waals surface area contributed by atoms with E-state index in [2.05, 4.69) is 0 Å². The Kier molecular flexibility index (Phi) is 4.48. The fraction of sp³-hybridized carbons (Fsp3) is 0.353. The number of carboxylic acids is 1. The van der Waals surface area contributed by atoms with Crippen molar-refractivity contribution in [3.05, 3.63) is 59.9 Å². The van der Waals surface area contributed by atoms with Crippen LogP contribution in [0.4, 0.5) is 0 Å². The van der Waals surface area contributed by atoms with Crippen LogP contribution in [0.5, 0.6) is 0 Å². The number of aliphatic hydroxyl groups excluding tert-OH is 1. The highest BCUT2D eigenvalue weighted by molar-refractivity contribution is 5.75. The number of aliphatic carboxylic acids is 1. The van der Waals surface area contributed by atoms with E-state index in [0.29, 0.717) is 6.42 Å². The van der Waals surface area contributed by atoms with Crippen molar-refractivity contribution >= 4 is 5.97 Å². The van der Waals surface area contributed by atoms with E-state index >= 15 is 0 Å². The van der Waals surface area contributed by atoms with Crippen LogP contribution in [-0.4, -0.2) is 26.9 Å². The Labute approximate surface area is 124 Å². The number of rotatable bonds is 5. The minimum atomic E-state index is -1.57. The van der Waals surface area contributed by atoms with Gasteiger partial charge in [0, 0.05) is 0 Å². The van der Waals surface area contributed by atoms with E-state index in [4.69, 9.17) is 0 Å². The van der Waals surface area contributed by atoms with Gasteiger partial charge in [-0.05, 0) is 36.5 Å². The molecule has 0 aromatic heterocycles. The Morgan fingerprint density at radius 3 is 2.62 bits per heavy atom. The minimum Gasteiger partial charge on any atom is -0.508 e. The first kappa shape index (κ1) is 15.3. The molecule has 1 aliphatic carbocycles. The maximum absolute atomic E-state index is 11.3. The monoisotopic (exact) mass is 288 g/mol. The lowest BCUT2D eigenvalue weighted by atomic mass is 9.73. The molecule has 0 heterocycles. The molecular formula is C17H20O4. The maximum atomic E-state index is 11.3. The third kappa shape index (κ3) is 3.34. The van der Waals surface area contributed by atoms with Crippen molar-refractivity contribution < 1.29 is 20.1 Å². The standard InChI is InChI=1S/C17H20O4/c1-12(7-8-13-5-3-2-4-6-13)17(21)11-14(18)9-10-15(17)16(19)20/h2-6,9-12,15,18,21H,7-8H2,1H3,(H,19,20). The van der Waals surface area contributed by atoms with E-state index < -0.39 is 17.5 Å². The second kappa shape index (κ2) is 6.14. The maximum Gasteiger partial charge on any atom is 0.313 e. The van der Waals surface area contributed by atoms with Crippen molar-refractivity contribution in [2.75, 3.05) is 0 Å². The fourth-order valence-corrected chi connectivity index (χ4v) is 2.71. The quantitative estimate of drug-likeness (QED) is 0.778. The molecule has 0 saturated carbocycles. The van der Waals surface area contributed by atoms with Gasteiger partial charge < -0.3 is 15.3 Å². The molecule has 3 N–H and O–H groups in total. The first-order valence-corrected chi connectivity index (χ1v) is 7.02. The van der Waals surface area contributed by atoms with Crippen LogP contribution < -0.4 is 0 Å². The molecule has 0 saturated heterocycles. The van der Waals surface area contributed by atoms with Gasteiger partial charge in [0.25, 0.3) is 0 Å². The summed E-state index contributed by atoms with van der Waals surface area (Å²) in [4.78, 5) is 11.3. The summed E-state index contributed by atoms with van der Waals surface area (Å²) in [5.41, 5.74) is -0.432. The fourth-order valence-electron chi connectivity index (χ4n) is 2.71. The van der Waals surface area contributed by atoms with Gasteiger partial charge in [0.1, 0.15) is 17.3 Å². The number of aliphatic hydroxyl groups is 2. The molecule has 1 aliphatic rings. The Morgan fingerprint density at radius 2 is 2.00 bits per heavy atom. The molecule has 21 heavy (non-hydrogen) atoms. The normalized spacial score (nSPS) is 26.2. The van der Waals surface area contributed by atoms with Crippen LogP contribution in [0.25, 0.3) is 0 Å². The molecule has 0 fully saturated rings. The lowest BCUT2D eigenvalue weighted by Crippen LogP contribution is -2.46.